The van der Waals surface area contributed by atoms with Crippen molar-refractivity contribution in [3.8, 4) is 0 Å². The van der Waals surface area contributed by atoms with Gasteiger partial charge < -0.3 is 15.0 Å². The zero-order valence-electron chi connectivity index (χ0n) is 16.1. The van der Waals surface area contributed by atoms with Crippen molar-refractivity contribution < 1.29 is 9.53 Å². The summed E-state index contributed by atoms with van der Waals surface area (Å²) in [6.07, 6.45) is 6.64. The number of hydrogen-bond acceptors (Lipinski definition) is 4. The molecule has 1 aliphatic heterocycles. The summed E-state index contributed by atoms with van der Waals surface area (Å²) >= 11 is 0. The van der Waals surface area contributed by atoms with Crippen LogP contribution in [0.2, 0.25) is 0 Å². The van der Waals surface area contributed by atoms with Gasteiger partial charge in [-0.25, -0.2) is 0 Å². The molecule has 0 unspecified atom stereocenters. The first kappa shape index (κ1) is 18.2. The Morgan fingerprint density at radius 3 is 2.59 bits per heavy atom. The van der Waals surface area contributed by atoms with Crippen LogP contribution in [0.4, 0.5) is 0 Å². The number of aryl methyl sites for hydroxylation is 1. The molecule has 4 rings (SSSR count). The Morgan fingerprint density at radius 1 is 1.22 bits per heavy atom. The third kappa shape index (κ3) is 3.77. The van der Waals surface area contributed by atoms with Gasteiger partial charge in [-0.3, -0.25) is 9.48 Å². The topological polar surface area (TPSA) is 59.4 Å². The Bertz CT molecular complexity index is 778. The number of likely N-dealkylation sites (tertiary alicyclic amines) is 1. The molecule has 6 heteroatoms. The zero-order valence-corrected chi connectivity index (χ0v) is 16.1. The number of nitrogens with zero attached hydrogens (tertiary/aromatic N) is 3. The fourth-order valence-corrected chi connectivity index (χ4v) is 4.57. The average molecular weight is 368 g/mol. The number of amides is 1. The highest BCUT2D eigenvalue weighted by Gasteiger charge is 2.41. The fraction of sp³-hybridized carbons (Fsp3) is 0.524. The molecule has 0 spiro atoms. The van der Waals surface area contributed by atoms with Crippen LogP contribution in [-0.2, 0) is 29.4 Å². The first-order valence-corrected chi connectivity index (χ1v) is 9.73. The number of benzene rings is 1. The van der Waals surface area contributed by atoms with Crippen LogP contribution >= 0.6 is 0 Å². The number of aromatic nitrogens is 2. The SMILES string of the molecule is COCCN1C(=O)C[C@@H](CNC2Cc3ccccc3C2)[C@@H]1c1cnn(C)c1. The molecule has 1 aromatic carbocycles. The maximum absolute atomic E-state index is 12.7. The molecule has 6 nitrogen and oxygen atoms in total. The maximum atomic E-state index is 12.7. The molecule has 1 N–H and O–H groups in total. The maximum Gasteiger partial charge on any atom is 0.223 e. The second-order valence-electron chi connectivity index (χ2n) is 7.72. The monoisotopic (exact) mass is 368 g/mol. The number of nitrogens with one attached hydrogen (secondary N) is 1. The average Bonchev–Trinajstić information content (AvgIpc) is 3.34. The van der Waals surface area contributed by atoms with Gasteiger partial charge in [0.2, 0.25) is 5.91 Å². The van der Waals surface area contributed by atoms with Crippen LogP contribution in [0.1, 0.15) is 29.2 Å². The molecule has 144 valence electrons. The van der Waals surface area contributed by atoms with Gasteiger partial charge in [-0.2, -0.15) is 5.10 Å². The molecule has 1 amide bonds. The predicted molar refractivity (Wildman–Crippen MR) is 103 cm³/mol. The van der Waals surface area contributed by atoms with E-state index in [-0.39, 0.29) is 17.9 Å². The summed E-state index contributed by atoms with van der Waals surface area (Å²) in [6, 6.07) is 9.20. The minimum Gasteiger partial charge on any atom is -0.383 e. The molecule has 27 heavy (non-hydrogen) atoms. The van der Waals surface area contributed by atoms with Crippen molar-refractivity contribution >= 4 is 5.91 Å². The van der Waals surface area contributed by atoms with E-state index in [9.17, 15) is 4.79 Å². The Hall–Kier alpha value is -2.18. The molecular formula is C21H28N4O2. The lowest BCUT2D eigenvalue weighted by Gasteiger charge is -2.28. The van der Waals surface area contributed by atoms with Crippen LogP contribution in [0.25, 0.3) is 0 Å². The number of fused-ring (bicyclic) bond motifs is 1. The Kier molecular flexibility index (Phi) is 5.27. The molecule has 2 aliphatic rings. The molecule has 2 aromatic rings. The van der Waals surface area contributed by atoms with Crippen LogP contribution in [0.3, 0.4) is 0 Å². The molecule has 1 aromatic heterocycles. The molecule has 0 radical (unpaired) electrons. The number of carbonyl (C=O) groups excluding carboxylic acids is 1. The van der Waals surface area contributed by atoms with Gasteiger partial charge in [-0.15, -0.1) is 0 Å². The number of carbonyl (C=O) groups is 1. The summed E-state index contributed by atoms with van der Waals surface area (Å²) < 4.78 is 7.03. The third-order valence-electron chi connectivity index (χ3n) is 5.86. The van der Waals surface area contributed by atoms with Crippen LogP contribution in [0.5, 0.6) is 0 Å². The van der Waals surface area contributed by atoms with E-state index in [0.717, 1.165) is 24.9 Å². The van der Waals surface area contributed by atoms with E-state index in [4.69, 9.17) is 4.74 Å². The first-order chi connectivity index (χ1) is 13.2. The minimum atomic E-state index is 0.0672. The van der Waals surface area contributed by atoms with Crippen LogP contribution in [0, 0.1) is 5.92 Å². The van der Waals surface area contributed by atoms with Gasteiger partial charge in [0.15, 0.2) is 0 Å². The van der Waals surface area contributed by atoms with Crippen molar-refractivity contribution in [3.05, 3.63) is 53.3 Å². The fourth-order valence-electron chi connectivity index (χ4n) is 4.57. The van der Waals surface area contributed by atoms with Gasteiger partial charge in [0, 0.05) is 57.4 Å². The van der Waals surface area contributed by atoms with Crippen LogP contribution in [0.15, 0.2) is 36.7 Å². The van der Waals surface area contributed by atoms with E-state index < -0.39 is 0 Å². The zero-order chi connectivity index (χ0) is 18.8. The summed E-state index contributed by atoms with van der Waals surface area (Å²) in [6.45, 7) is 2.02. The van der Waals surface area contributed by atoms with Gasteiger partial charge in [0.1, 0.15) is 0 Å². The predicted octanol–water partition coefficient (Wildman–Crippen LogP) is 1.71. The summed E-state index contributed by atoms with van der Waals surface area (Å²) in [7, 11) is 3.60. The van der Waals surface area contributed by atoms with Crippen molar-refractivity contribution in [1.82, 2.24) is 20.0 Å². The van der Waals surface area contributed by atoms with Gasteiger partial charge >= 0.3 is 0 Å². The molecule has 1 saturated heterocycles. The van der Waals surface area contributed by atoms with Crippen molar-refractivity contribution in [2.45, 2.75) is 31.3 Å². The number of ether oxygens (including phenoxy) is 1. The molecule has 1 aliphatic carbocycles. The van der Waals surface area contributed by atoms with E-state index in [2.05, 4.69) is 34.7 Å². The highest BCUT2D eigenvalue weighted by Crippen LogP contribution is 2.37. The summed E-state index contributed by atoms with van der Waals surface area (Å²) in [4.78, 5) is 14.6. The lowest BCUT2D eigenvalue weighted by molar-refractivity contribution is -0.129. The normalized spacial score (nSPS) is 22.6. The van der Waals surface area contributed by atoms with E-state index in [1.54, 1.807) is 7.11 Å². The molecule has 2 atom stereocenters. The minimum absolute atomic E-state index is 0.0672. The second-order valence-corrected chi connectivity index (χ2v) is 7.72. The Labute approximate surface area is 160 Å². The number of hydrogen-bond donors (Lipinski definition) is 1. The van der Waals surface area contributed by atoms with Gasteiger partial charge in [0.05, 0.1) is 18.8 Å². The first-order valence-electron chi connectivity index (χ1n) is 9.73. The van der Waals surface area contributed by atoms with E-state index >= 15 is 0 Å². The van der Waals surface area contributed by atoms with Gasteiger partial charge in [0.25, 0.3) is 0 Å². The standard InChI is InChI=1S/C21H28N4O2/c1-24-14-18(13-23-24)21-17(11-20(26)25(21)7-8-27-2)12-22-19-9-15-5-3-4-6-16(15)10-19/h3-6,13-14,17,19,21-22H,7-12H2,1-2H3/t17-,21+/m0/s1. The van der Waals surface area contributed by atoms with Crippen molar-refractivity contribution in [2.75, 3.05) is 26.8 Å². The summed E-state index contributed by atoms with van der Waals surface area (Å²) in [5.74, 6) is 0.463. The van der Waals surface area contributed by atoms with Gasteiger partial charge in [-0.1, -0.05) is 24.3 Å². The molecule has 0 bridgehead atoms. The van der Waals surface area contributed by atoms with E-state index in [1.165, 1.54) is 11.1 Å². The van der Waals surface area contributed by atoms with Crippen molar-refractivity contribution in [3.63, 3.8) is 0 Å². The Morgan fingerprint density at radius 2 is 1.96 bits per heavy atom. The third-order valence-corrected chi connectivity index (χ3v) is 5.86. The summed E-state index contributed by atoms with van der Waals surface area (Å²) in [5, 5.41) is 8.06. The number of methoxy groups -OCH3 is 1. The van der Waals surface area contributed by atoms with E-state index in [1.807, 2.05) is 29.0 Å². The smallest absolute Gasteiger partial charge is 0.223 e. The second kappa shape index (κ2) is 7.82. The van der Waals surface area contributed by atoms with Crippen molar-refractivity contribution in [2.24, 2.45) is 13.0 Å². The van der Waals surface area contributed by atoms with E-state index in [0.29, 0.717) is 25.6 Å². The molecule has 1 fully saturated rings. The Balaban J connectivity index is 1.45. The lowest BCUT2D eigenvalue weighted by atomic mass is 9.95. The molecule has 0 saturated carbocycles. The van der Waals surface area contributed by atoms with Gasteiger partial charge in [-0.05, 0) is 24.0 Å². The summed E-state index contributed by atoms with van der Waals surface area (Å²) in [5.41, 5.74) is 4.01. The highest BCUT2D eigenvalue weighted by atomic mass is 16.5. The quantitative estimate of drug-likeness (QED) is 0.808. The highest BCUT2D eigenvalue weighted by molar-refractivity contribution is 5.79. The van der Waals surface area contributed by atoms with Crippen LogP contribution < -0.4 is 5.32 Å². The lowest BCUT2D eigenvalue weighted by Crippen LogP contribution is -2.37. The number of rotatable bonds is 7. The van der Waals surface area contributed by atoms with Crippen molar-refractivity contribution in [1.29, 1.82) is 0 Å². The molecule has 2 heterocycles. The molecular weight excluding hydrogens is 340 g/mol. The largest absolute Gasteiger partial charge is 0.383 e. The van der Waals surface area contributed by atoms with Crippen LogP contribution in [-0.4, -0.2) is 53.4 Å².